The number of nitrogens with one attached hydrogen (secondary N) is 1. The lowest BCUT2D eigenvalue weighted by Gasteiger charge is -2.29. The number of methoxy groups -OCH3 is 1. The molecule has 0 amide bonds. The number of carbonyl (C=O) groups excluding carboxylic acids is 1. The number of esters is 1. The van der Waals surface area contributed by atoms with Gasteiger partial charge >= 0.3 is 5.97 Å². The summed E-state index contributed by atoms with van der Waals surface area (Å²) in [6.45, 7) is 10.8. The predicted molar refractivity (Wildman–Crippen MR) is 79.3 cm³/mol. The molecule has 0 heterocycles. The molecule has 0 saturated heterocycles. The minimum absolute atomic E-state index is 0.180. The van der Waals surface area contributed by atoms with Crippen molar-refractivity contribution in [2.24, 2.45) is 5.92 Å². The van der Waals surface area contributed by atoms with Crippen molar-refractivity contribution in [2.45, 2.75) is 26.8 Å². The molecular formula is C14H31N3O2. The molecule has 0 radical (unpaired) electrons. The van der Waals surface area contributed by atoms with Gasteiger partial charge in [-0.25, -0.2) is 0 Å². The fourth-order valence-corrected chi connectivity index (χ4v) is 1.98. The third-order valence-electron chi connectivity index (χ3n) is 2.86. The van der Waals surface area contributed by atoms with E-state index < -0.39 is 0 Å². The zero-order chi connectivity index (χ0) is 14.8. The van der Waals surface area contributed by atoms with Crippen LogP contribution in [0.3, 0.4) is 0 Å². The van der Waals surface area contributed by atoms with Crippen molar-refractivity contribution in [2.75, 3.05) is 53.9 Å². The minimum Gasteiger partial charge on any atom is -0.468 e. The number of hydrogen-bond acceptors (Lipinski definition) is 5. The average Bonchev–Trinajstić information content (AvgIpc) is 2.33. The van der Waals surface area contributed by atoms with Gasteiger partial charge in [-0.1, -0.05) is 20.8 Å². The SMILES string of the molecule is CCNC(CN(CCN(C)C)CC(C)C)C(=O)OC. The number of carbonyl (C=O) groups is 1. The van der Waals surface area contributed by atoms with E-state index in [2.05, 4.69) is 43.1 Å². The molecule has 1 unspecified atom stereocenters. The van der Waals surface area contributed by atoms with Crippen LogP contribution in [0.15, 0.2) is 0 Å². The van der Waals surface area contributed by atoms with Gasteiger partial charge in [-0.05, 0) is 26.6 Å². The van der Waals surface area contributed by atoms with Gasteiger partial charge in [-0.2, -0.15) is 0 Å². The molecule has 0 aromatic heterocycles. The molecular weight excluding hydrogens is 242 g/mol. The molecule has 5 heteroatoms. The van der Waals surface area contributed by atoms with Crippen LogP contribution in [-0.4, -0.2) is 75.7 Å². The second kappa shape index (κ2) is 10.2. The summed E-state index contributed by atoms with van der Waals surface area (Å²) in [5, 5.41) is 3.19. The molecule has 0 aromatic carbocycles. The zero-order valence-corrected chi connectivity index (χ0v) is 13.4. The normalized spacial score (nSPS) is 13.3. The molecule has 0 spiro atoms. The monoisotopic (exact) mass is 273 g/mol. The fraction of sp³-hybridized carbons (Fsp3) is 0.929. The molecule has 0 bridgehead atoms. The number of nitrogens with zero attached hydrogens (tertiary/aromatic N) is 2. The van der Waals surface area contributed by atoms with Crippen LogP contribution in [0, 0.1) is 5.92 Å². The summed E-state index contributed by atoms with van der Waals surface area (Å²) >= 11 is 0. The van der Waals surface area contributed by atoms with Gasteiger partial charge in [0.05, 0.1) is 7.11 Å². The van der Waals surface area contributed by atoms with E-state index in [0.29, 0.717) is 12.5 Å². The smallest absolute Gasteiger partial charge is 0.324 e. The summed E-state index contributed by atoms with van der Waals surface area (Å²) in [4.78, 5) is 16.2. The maximum atomic E-state index is 11.7. The molecule has 0 rings (SSSR count). The Labute approximate surface area is 118 Å². The Morgan fingerprint density at radius 2 is 1.84 bits per heavy atom. The Balaban J connectivity index is 4.50. The van der Waals surface area contributed by atoms with E-state index in [1.807, 2.05) is 6.92 Å². The average molecular weight is 273 g/mol. The topological polar surface area (TPSA) is 44.8 Å². The molecule has 1 N–H and O–H groups in total. The summed E-state index contributed by atoms with van der Waals surface area (Å²) < 4.78 is 4.86. The van der Waals surface area contributed by atoms with Gasteiger partial charge < -0.3 is 15.0 Å². The second-order valence-electron chi connectivity index (χ2n) is 5.59. The molecule has 0 aliphatic carbocycles. The lowest BCUT2D eigenvalue weighted by atomic mass is 10.2. The quantitative estimate of drug-likeness (QED) is 0.592. The molecule has 0 saturated carbocycles. The zero-order valence-electron chi connectivity index (χ0n) is 13.4. The number of ether oxygens (including phenoxy) is 1. The maximum Gasteiger partial charge on any atom is 0.324 e. The van der Waals surface area contributed by atoms with Crippen molar-refractivity contribution < 1.29 is 9.53 Å². The number of likely N-dealkylation sites (N-methyl/N-ethyl adjacent to an activating group) is 2. The molecule has 19 heavy (non-hydrogen) atoms. The van der Waals surface area contributed by atoms with E-state index in [0.717, 1.165) is 26.2 Å². The summed E-state index contributed by atoms with van der Waals surface area (Å²) in [6, 6.07) is -0.240. The third-order valence-corrected chi connectivity index (χ3v) is 2.86. The number of rotatable bonds is 10. The van der Waals surface area contributed by atoms with Gasteiger partial charge in [-0.15, -0.1) is 0 Å². The lowest BCUT2D eigenvalue weighted by Crippen LogP contribution is -2.48. The standard InChI is InChI=1S/C14H31N3O2/c1-7-15-13(14(18)19-6)11-17(10-12(2)3)9-8-16(4)5/h12-13,15H,7-11H2,1-6H3. The van der Waals surface area contributed by atoms with Gasteiger partial charge in [-0.3, -0.25) is 9.69 Å². The highest BCUT2D eigenvalue weighted by molar-refractivity contribution is 5.75. The van der Waals surface area contributed by atoms with Gasteiger partial charge in [0.15, 0.2) is 0 Å². The number of hydrogen-bond donors (Lipinski definition) is 1. The molecule has 0 aliphatic heterocycles. The summed E-state index contributed by atoms with van der Waals surface area (Å²) in [6.07, 6.45) is 0. The van der Waals surface area contributed by atoms with E-state index in [4.69, 9.17) is 4.74 Å². The van der Waals surface area contributed by atoms with E-state index >= 15 is 0 Å². The molecule has 0 aromatic rings. The van der Waals surface area contributed by atoms with Gasteiger partial charge in [0, 0.05) is 26.2 Å². The van der Waals surface area contributed by atoms with Crippen molar-refractivity contribution >= 4 is 5.97 Å². The Kier molecular flexibility index (Phi) is 9.83. The first-order valence-electron chi connectivity index (χ1n) is 7.09. The van der Waals surface area contributed by atoms with Gasteiger partial charge in [0.25, 0.3) is 0 Å². The van der Waals surface area contributed by atoms with Gasteiger partial charge in [0.1, 0.15) is 6.04 Å². The van der Waals surface area contributed by atoms with Crippen LogP contribution in [0.2, 0.25) is 0 Å². The van der Waals surface area contributed by atoms with Crippen LogP contribution in [0.4, 0.5) is 0 Å². The first-order valence-corrected chi connectivity index (χ1v) is 7.09. The molecule has 0 aliphatic rings. The summed E-state index contributed by atoms with van der Waals surface area (Å²) in [5.41, 5.74) is 0. The van der Waals surface area contributed by atoms with Crippen molar-refractivity contribution in [3.8, 4) is 0 Å². The highest BCUT2D eigenvalue weighted by Crippen LogP contribution is 2.02. The largest absolute Gasteiger partial charge is 0.468 e. The highest BCUT2D eigenvalue weighted by Gasteiger charge is 2.21. The summed E-state index contributed by atoms with van der Waals surface area (Å²) in [5.74, 6) is 0.405. The van der Waals surface area contributed by atoms with Crippen molar-refractivity contribution in [1.82, 2.24) is 15.1 Å². The minimum atomic E-state index is -0.240. The Hall–Kier alpha value is -0.650. The second-order valence-corrected chi connectivity index (χ2v) is 5.59. The van der Waals surface area contributed by atoms with Crippen molar-refractivity contribution in [3.05, 3.63) is 0 Å². The highest BCUT2D eigenvalue weighted by atomic mass is 16.5. The Morgan fingerprint density at radius 3 is 2.26 bits per heavy atom. The third kappa shape index (κ3) is 8.97. The lowest BCUT2D eigenvalue weighted by molar-refractivity contribution is -0.143. The van der Waals surface area contributed by atoms with E-state index in [9.17, 15) is 4.79 Å². The van der Waals surface area contributed by atoms with Crippen LogP contribution in [-0.2, 0) is 9.53 Å². The van der Waals surface area contributed by atoms with E-state index in [1.54, 1.807) is 0 Å². The van der Waals surface area contributed by atoms with Gasteiger partial charge in [0.2, 0.25) is 0 Å². The molecule has 0 fully saturated rings. The van der Waals surface area contributed by atoms with Crippen LogP contribution in [0.5, 0.6) is 0 Å². The van der Waals surface area contributed by atoms with E-state index in [-0.39, 0.29) is 12.0 Å². The first-order chi connectivity index (χ1) is 8.90. The molecule has 5 nitrogen and oxygen atoms in total. The first kappa shape index (κ1) is 18.4. The summed E-state index contributed by atoms with van der Waals surface area (Å²) in [7, 11) is 5.57. The van der Waals surface area contributed by atoms with Crippen LogP contribution >= 0.6 is 0 Å². The Bertz CT molecular complexity index is 245. The fourth-order valence-electron chi connectivity index (χ4n) is 1.98. The molecule has 114 valence electrons. The molecule has 1 atom stereocenters. The van der Waals surface area contributed by atoms with Crippen molar-refractivity contribution in [3.63, 3.8) is 0 Å². The van der Waals surface area contributed by atoms with Crippen LogP contribution in [0.1, 0.15) is 20.8 Å². The Morgan fingerprint density at radius 1 is 1.21 bits per heavy atom. The van der Waals surface area contributed by atoms with E-state index in [1.165, 1.54) is 7.11 Å². The van der Waals surface area contributed by atoms with Crippen LogP contribution < -0.4 is 5.32 Å². The maximum absolute atomic E-state index is 11.7. The van der Waals surface area contributed by atoms with Crippen molar-refractivity contribution in [1.29, 1.82) is 0 Å². The predicted octanol–water partition coefficient (Wildman–Crippen LogP) is 0.657. The van der Waals surface area contributed by atoms with Crippen LogP contribution in [0.25, 0.3) is 0 Å².